The van der Waals surface area contributed by atoms with E-state index in [0.717, 1.165) is 38.5 Å². The van der Waals surface area contributed by atoms with Crippen molar-refractivity contribution in [2.24, 2.45) is 4.99 Å². The zero-order valence-electron chi connectivity index (χ0n) is 14.8. The molecule has 128 valence electrons. The van der Waals surface area contributed by atoms with Crippen molar-refractivity contribution in [3.8, 4) is 0 Å². The van der Waals surface area contributed by atoms with Crippen molar-refractivity contribution >= 4 is 5.96 Å². The molecule has 1 fully saturated rings. The van der Waals surface area contributed by atoms with Crippen molar-refractivity contribution in [3.05, 3.63) is 35.4 Å². The van der Waals surface area contributed by atoms with E-state index in [4.69, 9.17) is 4.74 Å². The number of hydrogen-bond donors (Lipinski definition) is 2. The number of ether oxygens (including phenoxy) is 1. The third kappa shape index (κ3) is 5.52. The van der Waals surface area contributed by atoms with E-state index >= 15 is 0 Å². The number of hydrogen-bond acceptors (Lipinski definition) is 3. The molecule has 5 nitrogen and oxygen atoms in total. The predicted molar refractivity (Wildman–Crippen MR) is 95.9 cm³/mol. The monoisotopic (exact) mass is 318 g/mol. The molecule has 1 aromatic rings. The van der Waals surface area contributed by atoms with Crippen LogP contribution < -0.4 is 10.6 Å². The van der Waals surface area contributed by atoms with Gasteiger partial charge in [0.2, 0.25) is 0 Å². The molecule has 0 amide bonds. The van der Waals surface area contributed by atoms with Crippen LogP contribution in [0.5, 0.6) is 0 Å². The lowest BCUT2D eigenvalue weighted by atomic mass is 10.0. The molecule has 5 heteroatoms. The van der Waals surface area contributed by atoms with E-state index in [1.807, 2.05) is 0 Å². The number of likely N-dealkylation sites (N-methyl/N-ethyl adjacent to an activating group) is 1. The SMILES string of the molecule is CN=C(NCC1CCCO1)NCC(c1ccc(C)cc1)N(C)C. The Morgan fingerprint density at radius 1 is 1.30 bits per heavy atom. The smallest absolute Gasteiger partial charge is 0.191 e. The number of rotatable bonds is 6. The summed E-state index contributed by atoms with van der Waals surface area (Å²) in [5.41, 5.74) is 2.59. The minimum atomic E-state index is 0.303. The van der Waals surface area contributed by atoms with Crippen LogP contribution in [-0.4, -0.2) is 57.8 Å². The Bertz CT molecular complexity index is 492. The zero-order valence-corrected chi connectivity index (χ0v) is 14.8. The fraction of sp³-hybridized carbons (Fsp3) is 0.611. The summed E-state index contributed by atoms with van der Waals surface area (Å²) in [4.78, 5) is 6.54. The minimum absolute atomic E-state index is 0.303. The Labute approximate surface area is 140 Å². The standard InChI is InChI=1S/C18H30N4O/c1-14-7-9-15(10-8-14)17(22(3)4)13-21-18(19-2)20-12-16-6-5-11-23-16/h7-10,16-17H,5-6,11-13H2,1-4H3,(H2,19,20,21). The lowest BCUT2D eigenvalue weighted by Crippen LogP contribution is -2.44. The van der Waals surface area contributed by atoms with Crippen molar-refractivity contribution in [1.29, 1.82) is 0 Å². The number of nitrogens with one attached hydrogen (secondary N) is 2. The van der Waals surface area contributed by atoms with Gasteiger partial charge in [0.1, 0.15) is 0 Å². The molecule has 0 radical (unpaired) electrons. The molecule has 2 rings (SSSR count). The molecule has 2 unspecified atom stereocenters. The first-order valence-electron chi connectivity index (χ1n) is 8.39. The van der Waals surface area contributed by atoms with Crippen LogP contribution in [0.25, 0.3) is 0 Å². The fourth-order valence-electron chi connectivity index (χ4n) is 2.82. The largest absolute Gasteiger partial charge is 0.376 e. The lowest BCUT2D eigenvalue weighted by molar-refractivity contribution is 0.113. The van der Waals surface area contributed by atoms with E-state index in [2.05, 4.69) is 65.8 Å². The van der Waals surface area contributed by atoms with Crippen molar-refractivity contribution in [2.75, 3.05) is 40.8 Å². The normalized spacial score (nSPS) is 19.9. The summed E-state index contributed by atoms with van der Waals surface area (Å²) >= 11 is 0. The molecule has 23 heavy (non-hydrogen) atoms. The predicted octanol–water partition coefficient (Wildman–Crippen LogP) is 1.94. The third-order valence-electron chi connectivity index (χ3n) is 4.29. The molecule has 0 saturated carbocycles. The van der Waals surface area contributed by atoms with Gasteiger partial charge in [-0.25, -0.2) is 0 Å². The van der Waals surface area contributed by atoms with Crippen molar-refractivity contribution in [1.82, 2.24) is 15.5 Å². The van der Waals surface area contributed by atoms with E-state index in [-0.39, 0.29) is 0 Å². The second kappa shape index (κ2) is 8.89. The highest BCUT2D eigenvalue weighted by Gasteiger charge is 2.17. The summed E-state index contributed by atoms with van der Waals surface area (Å²) in [6.45, 7) is 4.62. The third-order valence-corrected chi connectivity index (χ3v) is 4.29. The number of aryl methyl sites for hydroxylation is 1. The van der Waals surface area contributed by atoms with Crippen molar-refractivity contribution in [3.63, 3.8) is 0 Å². The van der Waals surface area contributed by atoms with Gasteiger partial charge < -0.3 is 20.3 Å². The molecule has 1 heterocycles. The van der Waals surface area contributed by atoms with Gasteiger partial charge >= 0.3 is 0 Å². The van der Waals surface area contributed by atoms with Gasteiger partial charge in [-0.15, -0.1) is 0 Å². The van der Waals surface area contributed by atoms with E-state index in [9.17, 15) is 0 Å². The molecule has 1 aliphatic rings. The van der Waals surface area contributed by atoms with Gasteiger partial charge in [0.05, 0.1) is 12.1 Å². The molecule has 0 bridgehead atoms. The average molecular weight is 318 g/mol. The summed E-state index contributed by atoms with van der Waals surface area (Å²) in [6, 6.07) is 9.03. The van der Waals surface area contributed by atoms with Crippen LogP contribution in [0.15, 0.2) is 29.3 Å². The molecule has 1 aromatic carbocycles. The highest BCUT2D eigenvalue weighted by Crippen LogP contribution is 2.17. The number of nitrogens with zero attached hydrogens (tertiary/aromatic N) is 2. The Hall–Kier alpha value is -1.59. The van der Waals surface area contributed by atoms with E-state index in [1.165, 1.54) is 11.1 Å². The molecule has 1 saturated heterocycles. The number of benzene rings is 1. The van der Waals surface area contributed by atoms with Gasteiger partial charge in [0, 0.05) is 26.7 Å². The van der Waals surface area contributed by atoms with Gasteiger partial charge in [-0.3, -0.25) is 4.99 Å². The van der Waals surface area contributed by atoms with Crippen LogP contribution in [0.4, 0.5) is 0 Å². The van der Waals surface area contributed by atoms with Crippen LogP contribution in [0.2, 0.25) is 0 Å². The van der Waals surface area contributed by atoms with E-state index < -0.39 is 0 Å². The maximum absolute atomic E-state index is 5.64. The maximum atomic E-state index is 5.64. The average Bonchev–Trinajstić information content (AvgIpc) is 3.05. The molecule has 0 spiro atoms. The molecule has 0 aromatic heterocycles. The van der Waals surface area contributed by atoms with Crippen LogP contribution in [0, 0.1) is 6.92 Å². The molecule has 2 atom stereocenters. The molecular weight excluding hydrogens is 288 g/mol. The topological polar surface area (TPSA) is 48.9 Å². The van der Waals surface area contributed by atoms with Gasteiger partial charge in [0.15, 0.2) is 5.96 Å². The number of guanidine groups is 1. The van der Waals surface area contributed by atoms with Crippen molar-refractivity contribution < 1.29 is 4.74 Å². The summed E-state index contributed by atoms with van der Waals surface area (Å²) in [7, 11) is 6.02. The van der Waals surface area contributed by atoms with Crippen LogP contribution >= 0.6 is 0 Å². The minimum Gasteiger partial charge on any atom is -0.376 e. The second-order valence-electron chi connectivity index (χ2n) is 6.36. The highest BCUT2D eigenvalue weighted by molar-refractivity contribution is 5.79. The summed E-state index contributed by atoms with van der Waals surface area (Å²) < 4.78 is 5.64. The van der Waals surface area contributed by atoms with Crippen LogP contribution in [0.1, 0.15) is 30.0 Å². The summed E-state index contributed by atoms with van der Waals surface area (Å²) in [5.74, 6) is 0.833. The molecule has 0 aliphatic carbocycles. The lowest BCUT2D eigenvalue weighted by Gasteiger charge is -2.26. The first-order valence-corrected chi connectivity index (χ1v) is 8.39. The first kappa shape index (κ1) is 17.8. The highest BCUT2D eigenvalue weighted by atomic mass is 16.5. The van der Waals surface area contributed by atoms with Crippen LogP contribution in [-0.2, 0) is 4.74 Å². The van der Waals surface area contributed by atoms with Gasteiger partial charge in [-0.05, 0) is 39.4 Å². The fourth-order valence-corrected chi connectivity index (χ4v) is 2.82. The molecule has 1 aliphatic heterocycles. The van der Waals surface area contributed by atoms with E-state index in [1.54, 1.807) is 7.05 Å². The zero-order chi connectivity index (χ0) is 16.7. The Balaban J connectivity index is 1.87. The second-order valence-corrected chi connectivity index (χ2v) is 6.36. The summed E-state index contributed by atoms with van der Waals surface area (Å²) in [5, 5.41) is 6.79. The maximum Gasteiger partial charge on any atom is 0.191 e. The van der Waals surface area contributed by atoms with Crippen molar-refractivity contribution in [2.45, 2.75) is 31.9 Å². The molecule has 2 N–H and O–H groups in total. The number of aliphatic imine (C=N–C) groups is 1. The molecular formula is C18H30N4O. The van der Waals surface area contributed by atoms with Gasteiger partial charge in [-0.1, -0.05) is 29.8 Å². The van der Waals surface area contributed by atoms with Gasteiger partial charge in [-0.2, -0.15) is 0 Å². The summed E-state index contributed by atoms with van der Waals surface area (Å²) in [6.07, 6.45) is 2.61. The van der Waals surface area contributed by atoms with Gasteiger partial charge in [0.25, 0.3) is 0 Å². The van der Waals surface area contributed by atoms with Crippen LogP contribution in [0.3, 0.4) is 0 Å². The first-order chi connectivity index (χ1) is 11.1. The Morgan fingerprint density at radius 2 is 2.04 bits per heavy atom. The van der Waals surface area contributed by atoms with E-state index in [0.29, 0.717) is 12.1 Å². The Kier molecular flexibility index (Phi) is 6.86. The Morgan fingerprint density at radius 3 is 2.61 bits per heavy atom. The quantitative estimate of drug-likeness (QED) is 0.622.